The molecule has 2 heterocycles. The van der Waals surface area contributed by atoms with Gasteiger partial charge in [-0.25, -0.2) is 0 Å². The minimum Gasteiger partial charge on any atom is -0.393 e. The lowest BCUT2D eigenvalue weighted by molar-refractivity contribution is -0.121. The average molecular weight is 295 g/mol. The van der Waals surface area contributed by atoms with E-state index >= 15 is 0 Å². The predicted octanol–water partition coefficient (Wildman–Crippen LogP) is 1.62. The van der Waals surface area contributed by atoms with Gasteiger partial charge in [-0.2, -0.15) is 16.3 Å². The van der Waals surface area contributed by atoms with E-state index in [1.54, 1.807) is 18.3 Å². The molecule has 20 heavy (non-hydrogen) atoms. The van der Waals surface area contributed by atoms with Gasteiger partial charge in [-0.05, 0) is 24.8 Å². The molecule has 0 aliphatic carbocycles. The number of aliphatic hydroxyl groups excluding tert-OH is 1. The van der Waals surface area contributed by atoms with Crippen molar-refractivity contribution in [3.8, 4) is 11.4 Å². The van der Waals surface area contributed by atoms with Gasteiger partial charge in [-0.15, -0.1) is 0 Å². The van der Waals surface area contributed by atoms with Gasteiger partial charge in [0.15, 0.2) is 0 Å². The van der Waals surface area contributed by atoms with E-state index in [0.717, 1.165) is 5.56 Å². The molecule has 0 radical (unpaired) electrons. The molecule has 0 saturated heterocycles. The van der Waals surface area contributed by atoms with Gasteiger partial charge in [0.2, 0.25) is 17.6 Å². The van der Waals surface area contributed by atoms with E-state index in [-0.39, 0.29) is 5.91 Å². The highest BCUT2D eigenvalue weighted by atomic mass is 32.1. The number of amides is 1. The lowest BCUT2D eigenvalue weighted by Gasteiger charge is -2.05. The van der Waals surface area contributed by atoms with Crippen LogP contribution >= 0.6 is 11.3 Å². The Morgan fingerprint density at radius 1 is 1.60 bits per heavy atom. The number of carbonyl (C=O) groups excluding carboxylic acids is 1. The zero-order valence-electron chi connectivity index (χ0n) is 11.2. The number of hydrogen-bond donors (Lipinski definition) is 2. The zero-order chi connectivity index (χ0) is 14.4. The maximum Gasteiger partial charge on any atom is 0.227 e. The van der Waals surface area contributed by atoms with E-state index in [0.29, 0.717) is 37.5 Å². The molecule has 2 aromatic rings. The number of hydrogen-bond acceptors (Lipinski definition) is 6. The summed E-state index contributed by atoms with van der Waals surface area (Å²) in [5.74, 6) is 0.925. The minimum atomic E-state index is -0.403. The van der Waals surface area contributed by atoms with Crippen LogP contribution in [-0.2, 0) is 11.2 Å². The number of aromatic nitrogens is 2. The normalized spacial score (nSPS) is 12.3. The van der Waals surface area contributed by atoms with Crippen molar-refractivity contribution < 1.29 is 14.4 Å². The number of aliphatic hydroxyl groups is 1. The number of rotatable bonds is 7. The van der Waals surface area contributed by atoms with E-state index in [2.05, 4.69) is 15.5 Å². The number of nitrogens with zero attached hydrogens (tertiary/aromatic N) is 2. The second kappa shape index (κ2) is 7.16. The van der Waals surface area contributed by atoms with E-state index in [1.807, 2.05) is 16.8 Å². The number of carbonyl (C=O) groups is 1. The fraction of sp³-hybridized carbons (Fsp3) is 0.462. The first-order chi connectivity index (χ1) is 9.65. The van der Waals surface area contributed by atoms with Gasteiger partial charge in [0.25, 0.3) is 0 Å². The fourth-order valence-electron chi connectivity index (χ4n) is 1.59. The Balaban J connectivity index is 1.75. The first kappa shape index (κ1) is 14.7. The lowest BCUT2D eigenvalue weighted by Crippen LogP contribution is -2.26. The van der Waals surface area contributed by atoms with Crippen LogP contribution in [0, 0.1) is 0 Å². The minimum absolute atomic E-state index is 0.0825. The second-order valence-electron chi connectivity index (χ2n) is 4.51. The maximum atomic E-state index is 11.6. The molecule has 0 aliphatic rings. The van der Waals surface area contributed by atoms with E-state index in [4.69, 9.17) is 9.63 Å². The number of thiophene rings is 1. The van der Waals surface area contributed by atoms with Crippen molar-refractivity contribution in [1.82, 2.24) is 15.5 Å². The van der Waals surface area contributed by atoms with Crippen LogP contribution in [0.1, 0.15) is 25.7 Å². The Morgan fingerprint density at radius 2 is 2.45 bits per heavy atom. The van der Waals surface area contributed by atoms with Crippen LogP contribution in [0.2, 0.25) is 0 Å². The molecule has 1 unspecified atom stereocenters. The van der Waals surface area contributed by atoms with Crippen molar-refractivity contribution in [2.45, 2.75) is 32.3 Å². The fourth-order valence-corrected chi connectivity index (χ4v) is 2.23. The molecular weight excluding hydrogens is 278 g/mol. The molecule has 2 N–H and O–H groups in total. The molecular formula is C13H17N3O3S. The van der Waals surface area contributed by atoms with Crippen LogP contribution in [0.5, 0.6) is 0 Å². The van der Waals surface area contributed by atoms with Crippen molar-refractivity contribution in [2.75, 3.05) is 6.54 Å². The highest BCUT2D eigenvalue weighted by molar-refractivity contribution is 7.08. The molecule has 2 aromatic heterocycles. The highest BCUT2D eigenvalue weighted by Crippen LogP contribution is 2.18. The van der Waals surface area contributed by atoms with Crippen LogP contribution in [0.4, 0.5) is 0 Å². The van der Waals surface area contributed by atoms with E-state index < -0.39 is 6.10 Å². The Hall–Kier alpha value is -1.73. The smallest absolute Gasteiger partial charge is 0.227 e. The summed E-state index contributed by atoms with van der Waals surface area (Å²) >= 11 is 1.57. The summed E-state index contributed by atoms with van der Waals surface area (Å²) in [5.41, 5.74) is 0.923. The molecule has 1 atom stereocenters. The number of nitrogens with one attached hydrogen (secondary N) is 1. The van der Waals surface area contributed by atoms with E-state index in [1.165, 1.54) is 0 Å². The summed E-state index contributed by atoms with van der Waals surface area (Å²) < 4.78 is 5.11. The summed E-state index contributed by atoms with van der Waals surface area (Å²) in [6.07, 6.45) is 0.858. The average Bonchev–Trinajstić information content (AvgIpc) is 3.06. The quantitative estimate of drug-likeness (QED) is 0.810. The molecule has 0 fully saturated rings. The summed E-state index contributed by atoms with van der Waals surface area (Å²) in [4.78, 5) is 15.8. The Morgan fingerprint density at radius 3 is 3.15 bits per heavy atom. The Bertz CT molecular complexity index is 537. The van der Waals surface area contributed by atoms with Gasteiger partial charge in [-0.1, -0.05) is 5.16 Å². The molecule has 1 amide bonds. The van der Waals surface area contributed by atoms with Crippen molar-refractivity contribution in [3.63, 3.8) is 0 Å². The van der Waals surface area contributed by atoms with Crippen LogP contribution in [0.15, 0.2) is 21.3 Å². The van der Waals surface area contributed by atoms with Crippen LogP contribution < -0.4 is 5.32 Å². The van der Waals surface area contributed by atoms with Gasteiger partial charge in [0, 0.05) is 30.3 Å². The van der Waals surface area contributed by atoms with Gasteiger partial charge in [0.05, 0.1) is 6.10 Å². The first-order valence-electron chi connectivity index (χ1n) is 6.45. The standard InChI is InChI=1S/C13H17N3O3S/c1-9(17)4-6-14-11(18)2-3-12-15-13(16-19-12)10-5-7-20-8-10/h5,7-9,17H,2-4,6H2,1H3,(H,14,18). The molecule has 0 bridgehead atoms. The van der Waals surface area contributed by atoms with Gasteiger partial charge in [-0.3, -0.25) is 4.79 Å². The van der Waals surface area contributed by atoms with Crippen molar-refractivity contribution in [2.24, 2.45) is 0 Å². The lowest BCUT2D eigenvalue weighted by atomic mass is 10.2. The summed E-state index contributed by atoms with van der Waals surface area (Å²) in [6.45, 7) is 2.16. The summed E-state index contributed by atoms with van der Waals surface area (Å²) in [7, 11) is 0. The van der Waals surface area contributed by atoms with Crippen LogP contribution in [0.3, 0.4) is 0 Å². The third kappa shape index (κ3) is 4.43. The van der Waals surface area contributed by atoms with Crippen molar-refractivity contribution in [3.05, 3.63) is 22.7 Å². The molecule has 6 nitrogen and oxygen atoms in total. The molecule has 0 spiro atoms. The van der Waals surface area contributed by atoms with Gasteiger partial charge in [0.1, 0.15) is 0 Å². The molecule has 0 saturated carbocycles. The third-order valence-electron chi connectivity index (χ3n) is 2.70. The Labute approximate surface area is 120 Å². The molecule has 0 aromatic carbocycles. The van der Waals surface area contributed by atoms with Crippen LogP contribution in [-0.4, -0.2) is 33.8 Å². The maximum absolute atomic E-state index is 11.6. The first-order valence-corrected chi connectivity index (χ1v) is 7.39. The molecule has 0 aliphatic heterocycles. The highest BCUT2D eigenvalue weighted by Gasteiger charge is 2.10. The third-order valence-corrected chi connectivity index (χ3v) is 3.38. The predicted molar refractivity (Wildman–Crippen MR) is 75.2 cm³/mol. The summed E-state index contributed by atoms with van der Waals surface area (Å²) in [5, 5.41) is 19.6. The monoisotopic (exact) mass is 295 g/mol. The molecule has 108 valence electrons. The Kier molecular flexibility index (Phi) is 5.25. The van der Waals surface area contributed by atoms with E-state index in [9.17, 15) is 4.79 Å². The van der Waals surface area contributed by atoms with Gasteiger partial charge < -0.3 is 14.9 Å². The molecule has 7 heteroatoms. The van der Waals surface area contributed by atoms with Crippen molar-refractivity contribution >= 4 is 17.2 Å². The van der Waals surface area contributed by atoms with Crippen molar-refractivity contribution in [1.29, 1.82) is 0 Å². The van der Waals surface area contributed by atoms with Gasteiger partial charge >= 0.3 is 0 Å². The number of aryl methyl sites for hydroxylation is 1. The zero-order valence-corrected chi connectivity index (χ0v) is 12.0. The second-order valence-corrected chi connectivity index (χ2v) is 5.29. The summed E-state index contributed by atoms with van der Waals surface area (Å²) in [6, 6.07) is 1.92. The molecule has 2 rings (SSSR count). The van der Waals surface area contributed by atoms with Crippen LogP contribution in [0.25, 0.3) is 11.4 Å². The largest absolute Gasteiger partial charge is 0.393 e. The SMILES string of the molecule is CC(O)CCNC(=O)CCc1nc(-c2ccsc2)no1. The topological polar surface area (TPSA) is 88.2 Å².